The van der Waals surface area contributed by atoms with Crippen LogP contribution in [0.15, 0.2) is 48.6 Å². The van der Waals surface area contributed by atoms with Crippen LogP contribution in [-0.2, 0) is 22.4 Å². The van der Waals surface area contributed by atoms with Gasteiger partial charge >= 0.3 is 0 Å². The zero-order valence-electron chi connectivity index (χ0n) is 17.1. The summed E-state index contributed by atoms with van der Waals surface area (Å²) in [4.78, 5) is 25.6. The Labute approximate surface area is 167 Å². The maximum Gasteiger partial charge on any atom is 0.232 e. The van der Waals surface area contributed by atoms with Gasteiger partial charge in [0.25, 0.3) is 0 Å². The highest BCUT2D eigenvalue weighted by Crippen LogP contribution is 2.46. The Morgan fingerprint density at radius 3 is 1.57 bits per heavy atom. The van der Waals surface area contributed by atoms with Crippen molar-refractivity contribution >= 4 is 23.2 Å². The molecule has 4 heteroatoms. The third-order valence-electron chi connectivity index (χ3n) is 5.56. The van der Waals surface area contributed by atoms with Crippen molar-refractivity contribution in [1.29, 1.82) is 0 Å². The van der Waals surface area contributed by atoms with Crippen LogP contribution >= 0.6 is 0 Å². The van der Waals surface area contributed by atoms with Gasteiger partial charge in [-0.15, -0.1) is 0 Å². The molecular weight excluding hydrogens is 348 g/mol. The monoisotopic (exact) mass is 376 g/mol. The van der Waals surface area contributed by atoms with Crippen LogP contribution in [0.4, 0.5) is 11.4 Å². The first-order valence-electron chi connectivity index (χ1n) is 9.86. The van der Waals surface area contributed by atoms with Crippen molar-refractivity contribution in [3.8, 4) is 0 Å². The number of hydrogen-bond donors (Lipinski definition) is 2. The highest BCUT2D eigenvalue weighted by atomic mass is 16.2. The van der Waals surface area contributed by atoms with Crippen molar-refractivity contribution in [3.05, 3.63) is 70.8 Å². The molecule has 1 aliphatic carbocycles. The van der Waals surface area contributed by atoms with E-state index in [1.165, 1.54) is 0 Å². The van der Waals surface area contributed by atoms with Crippen LogP contribution in [0.1, 0.15) is 36.1 Å². The molecule has 28 heavy (non-hydrogen) atoms. The number of benzene rings is 2. The Bertz CT molecular complexity index is 870. The summed E-state index contributed by atoms with van der Waals surface area (Å²) in [7, 11) is 0. The van der Waals surface area contributed by atoms with E-state index in [0.717, 1.165) is 46.5 Å². The molecule has 0 bridgehead atoms. The van der Waals surface area contributed by atoms with E-state index < -0.39 is 11.8 Å². The fourth-order valence-corrected chi connectivity index (χ4v) is 3.76. The average Bonchev–Trinajstić information content (AvgIpc) is 3.36. The minimum absolute atomic E-state index is 0.158. The molecular formula is C24H28N2O2. The van der Waals surface area contributed by atoms with E-state index in [1.807, 2.05) is 50.2 Å². The molecule has 2 atom stereocenters. The number of hydrogen-bond acceptors (Lipinski definition) is 2. The molecule has 146 valence electrons. The SMILES string of the molecule is C=C1[C@H](C(=O)Nc2c(C)cccc2CC)[C@H]1C(=O)Nc1c(C)cccc1CC. The number of nitrogens with one attached hydrogen (secondary N) is 2. The maximum absolute atomic E-state index is 12.8. The molecule has 0 unspecified atom stereocenters. The lowest BCUT2D eigenvalue weighted by Gasteiger charge is -2.14. The van der Waals surface area contributed by atoms with Crippen molar-refractivity contribution < 1.29 is 9.59 Å². The molecule has 1 saturated carbocycles. The fourth-order valence-electron chi connectivity index (χ4n) is 3.76. The highest BCUT2D eigenvalue weighted by molar-refractivity contribution is 6.08. The number of aryl methyl sites for hydroxylation is 4. The molecule has 2 aromatic rings. The molecule has 0 radical (unpaired) electrons. The Morgan fingerprint density at radius 1 is 0.821 bits per heavy atom. The van der Waals surface area contributed by atoms with Gasteiger partial charge in [-0.3, -0.25) is 9.59 Å². The topological polar surface area (TPSA) is 58.2 Å². The first-order chi connectivity index (χ1) is 13.4. The summed E-state index contributed by atoms with van der Waals surface area (Å²) in [5.74, 6) is -1.26. The summed E-state index contributed by atoms with van der Waals surface area (Å²) in [5, 5.41) is 6.05. The van der Waals surface area contributed by atoms with Crippen molar-refractivity contribution in [1.82, 2.24) is 0 Å². The van der Waals surface area contributed by atoms with E-state index in [0.29, 0.717) is 5.57 Å². The van der Waals surface area contributed by atoms with Crippen LogP contribution in [0.5, 0.6) is 0 Å². The third kappa shape index (κ3) is 3.72. The van der Waals surface area contributed by atoms with Crippen LogP contribution < -0.4 is 10.6 Å². The van der Waals surface area contributed by atoms with Gasteiger partial charge in [-0.1, -0.05) is 62.4 Å². The molecule has 4 nitrogen and oxygen atoms in total. The van der Waals surface area contributed by atoms with Gasteiger partial charge in [0.15, 0.2) is 0 Å². The van der Waals surface area contributed by atoms with E-state index in [4.69, 9.17) is 0 Å². The largest absolute Gasteiger partial charge is 0.325 e. The zero-order chi connectivity index (χ0) is 20.4. The third-order valence-corrected chi connectivity index (χ3v) is 5.56. The standard InChI is InChI=1S/C24H28N2O2/c1-6-17-12-8-10-14(3)21(17)25-23(27)19-16(5)20(19)24(28)26-22-15(4)11-9-13-18(22)7-2/h8-13,19-20H,5-7H2,1-4H3,(H,25,27)(H,26,28)/t19-,20-/m0/s1. The highest BCUT2D eigenvalue weighted by Gasteiger charge is 2.52. The van der Waals surface area contributed by atoms with Gasteiger partial charge in [-0.05, 0) is 48.9 Å². The predicted molar refractivity (Wildman–Crippen MR) is 114 cm³/mol. The Balaban J connectivity index is 1.73. The molecule has 1 fully saturated rings. The molecule has 0 spiro atoms. The van der Waals surface area contributed by atoms with E-state index >= 15 is 0 Å². The molecule has 0 heterocycles. The number of rotatable bonds is 6. The average molecular weight is 377 g/mol. The van der Waals surface area contributed by atoms with Crippen LogP contribution in [0.25, 0.3) is 0 Å². The first-order valence-corrected chi connectivity index (χ1v) is 9.86. The van der Waals surface area contributed by atoms with Gasteiger partial charge in [-0.25, -0.2) is 0 Å². The van der Waals surface area contributed by atoms with Crippen LogP contribution in [-0.4, -0.2) is 11.8 Å². The quantitative estimate of drug-likeness (QED) is 0.711. The van der Waals surface area contributed by atoms with Gasteiger partial charge in [0, 0.05) is 11.4 Å². The molecule has 2 amide bonds. The Hall–Kier alpha value is -2.88. The van der Waals surface area contributed by atoms with E-state index in [1.54, 1.807) is 0 Å². The molecule has 0 aromatic heterocycles. The Morgan fingerprint density at radius 2 is 1.21 bits per heavy atom. The molecule has 1 aliphatic rings. The van der Waals surface area contributed by atoms with E-state index in [-0.39, 0.29) is 11.8 Å². The van der Waals surface area contributed by atoms with Crippen molar-refractivity contribution in [2.24, 2.45) is 11.8 Å². The summed E-state index contributed by atoms with van der Waals surface area (Å²) in [6.45, 7) is 12.0. The lowest BCUT2D eigenvalue weighted by atomic mass is 10.1. The number of carbonyl (C=O) groups is 2. The second-order valence-corrected chi connectivity index (χ2v) is 7.43. The first kappa shape index (κ1) is 19.9. The summed E-state index contributed by atoms with van der Waals surface area (Å²) < 4.78 is 0. The molecule has 2 aromatic carbocycles. The van der Waals surface area contributed by atoms with Gasteiger partial charge in [0.05, 0.1) is 11.8 Å². The predicted octanol–water partition coefficient (Wildman–Crippen LogP) is 4.81. The summed E-state index contributed by atoms with van der Waals surface area (Å²) in [6, 6.07) is 12.0. The smallest absolute Gasteiger partial charge is 0.232 e. The Kier molecular flexibility index (Phi) is 5.68. The van der Waals surface area contributed by atoms with E-state index in [9.17, 15) is 9.59 Å². The lowest BCUT2D eigenvalue weighted by molar-refractivity contribution is -0.122. The number of carbonyl (C=O) groups excluding carboxylic acids is 2. The van der Waals surface area contributed by atoms with Gasteiger partial charge in [0.2, 0.25) is 11.8 Å². The number of amides is 2. The van der Waals surface area contributed by atoms with Gasteiger partial charge in [0.1, 0.15) is 0 Å². The van der Waals surface area contributed by atoms with Crippen molar-refractivity contribution in [3.63, 3.8) is 0 Å². The zero-order valence-corrected chi connectivity index (χ0v) is 17.1. The van der Waals surface area contributed by atoms with Gasteiger partial charge in [-0.2, -0.15) is 0 Å². The summed E-state index contributed by atoms with van der Waals surface area (Å²) in [5.41, 5.74) is 6.59. The van der Waals surface area contributed by atoms with Crippen LogP contribution in [0.2, 0.25) is 0 Å². The molecule has 3 rings (SSSR count). The van der Waals surface area contributed by atoms with Gasteiger partial charge < -0.3 is 10.6 Å². The van der Waals surface area contributed by atoms with Crippen LogP contribution in [0.3, 0.4) is 0 Å². The molecule has 2 N–H and O–H groups in total. The minimum atomic E-state index is -0.474. The van der Waals surface area contributed by atoms with E-state index in [2.05, 4.69) is 31.1 Å². The molecule has 0 saturated heterocycles. The minimum Gasteiger partial charge on any atom is -0.325 e. The number of para-hydroxylation sites is 2. The second kappa shape index (κ2) is 8.01. The van der Waals surface area contributed by atoms with Crippen molar-refractivity contribution in [2.75, 3.05) is 10.6 Å². The fraction of sp³-hybridized carbons (Fsp3) is 0.333. The molecule has 0 aliphatic heterocycles. The summed E-state index contributed by atoms with van der Waals surface area (Å²) >= 11 is 0. The van der Waals surface area contributed by atoms with Crippen LogP contribution in [0, 0.1) is 25.7 Å². The number of anilines is 2. The van der Waals surface area contributed by atoms with Crippen molar-refractivity contribution in [2.45, 2.75) is 40.5 Å². The lowest BCUT2D eigenvalue weighted by Crippen LogP contribution is -2.22. The second-order valence-electron chi connectivity index (χ2n) is 7.43. The summed E-state index contributed by atoms with van der Waals surface area (Å²) in [6.07, 6.45) is 1.67. The normalized spacial score (nSPS) is 17.9. The maximum atomic E-state index is 12.8.